The predicted molar refractivity (Wildman–Crippen MR) is 132 cm³/mol. The summed E-state index contributed by atoms with van der Waals surface area (Å²) in [5.74, 6) is -0.287. The van der Waals surface area contributed by atoms with Crippen molar-refractivity contribution in [1.29, 1.82) is 0 Å². The molecule has 1 atom stereocenters. The van der Waals surface area contributed by atoms with Crippen LogP contribution in [0, 0.1) is 5.82 Å². The summed E-state index contributed by atoms with van der Waals surface area (Å²) < 4.78 is 26.6. The zero-order valence-electron chi connectivity index (χ0n) is 19.4. The summed E-state index contributed by atoms with van der Waals surface area (Å²) in [6.45, 7) is 3.60. The number of piperidine rings is 1. The summed E-state index contributed by atoms with van der Waals surface area (Å²) >= 11 is 12.4. The van der Waals surface area contributed by atoms with Crippen molar-refractivity contribution in [1.82, 2.24) is 19.7 Å². The molecule has 2 aromatic heterocycles. The molecule has 0 saturated carbocycles. The van der Waals surface area contributed by atoms with Gasteiger partial charge in [-0.25, -0.2) is 9.37 Å². The Balaban J connectivity index is 1.47. The van der Waals surface area contributed by atoms with Crippen molar-refractivity contribution >= 4 is 35.0 Å². The molecule has 11 heteroatoms. The molecule has 3 aromatic rings. The third-order valence-electron chi connectivity index (χ3n) is 6.12. The lowest BCUT2D eigenvalue weighted by Crippen LogP contribution is -2.38. The SMILES string of the molecule is COC(=O)CN1CCC(n2cc(-c3cnc(N)c(OC(C)c4c(Cl)ccc(F)c4Cl)c3)cn2)CC1. The molecule has 0 amide bonds. The molecular weight excluding hydrogens is 496 g/mol. The number of anilines is 1. The molecule has 0 aliphatic carbocycles. The smallest absolute Gasteiger partial charge is 0.319 e. The van der Waals surface area contributed by atoms with E-state index in [1.807, 2.05) is 10.9 Å². The highest BCUT2D eigenvalue weighted by Gasteiger charge is 2.24. The van der Waals surface area contributed by atoms with Crippen LogP contribution in [0.4, 0.5) is 10.2 Å². The number of nitrogens with two attached hydrogens (primary N) is 1. The van der Waals surface area contributed by atoms with Crippen LogP contribution in [0.2, 0.25) is 10.0 Å². The van der Waals surface area contributed by atoms with Crippen molar-refractivity contribution in [3.8, 4) is 16.9 Å². The van der Waals surface area contributed by atoms with E-state index in [-0.39, 0.29) is 22.9 Å². The second kappa shape index (κ2) is 10.8. The lowest BCUT2D eigenvalue weighted by Gasteiger charge is -2.31. The van der Waals surface area contributed by atoms with E-state index in [2.05, 4.69) is 15.0 Å². The van der Waals surface area contributed by atoms with Gasteiger partial charge in [-0.15, -0.1) is 0 Å². The van der Waals surface area contributed by atoms with Gasteiger partial charge < -0.3 is 15.2 Å². The average molecular weight is 522 g/mol. The van der Waals surface area contributed by atoms with Gasteiger partial charge in [0.15, 0.2) is 11.6 Å². The summed E-state index contributed by atoms with van der Waals surface area (Å²) in [6, 6.07) is 4.63. The van der Waals surface area contributed by atoms with Crippen LogP contribution in [-0.2, 0) is 9.53 Å². The highest BCUT2D eigenvalue weighted by molar-refractivity contribution is 6.36. The van der Waals surface area contributed by atoms with Gasteiger partial charge in [0.25, 0.3) is 0 Å². The Morgan fingerprint density at radius 1 is 1.26 bits per heavy atom. The third kappa shape index (κ3) is 5.69. The number of esters is 1. The molecule has 1 aliphatic rings. The maximum atomic E-state index is 14.0. The minimum atomic E-state index is -0.664. The number of ether oxygens (including phenoxy) is 2. The van der Waals surface area contributed by atoms with E-state index < -0.39 is 11.9 Å². The Bertz CT molecular complexity index is 1210. The number of nitrogen functional groups attached to an aromatic ring is 1. The Hall–Kier alpha value is -2.88. The number of rotatable bonds is 7. The molecule has 3 heterocycles. The van der Waals surface area contributed by atoms with E-state index in [9.17, 15) is 9.18 Å². The van der Waals surface area contributed by atoms with Gasteiger partial charge in [-0.3, -0.25) is 14.4 Å². The number of benzene rings is 1. The average Bonchev–Trinajstić information content (AvgIpc) is 3.34. The largest absolute Gasteiger partial charge is 0.482 e. The van der Waals surface area contributed by atoms with Crippen LogP contribution in [0.5, 0.6) is 5.75 Å². The highest BCUT2D eigenvalue weighted by Crippen LogP contribution is 2.37. The minimum absolute atomic E-state index is 0.0911. The number of pyridine rings is 1. The number of nitrogens with zero attached hydrogens (tertiary/aromatic N) is 4. The molecule has 0 bridgehead atoms. The molecule has 4 rings (SSSR count). The fourth-order valence-electron chi connectivity index (χ4n) is 4.15. The Morgan fingerprint density at radius 3 is 2.71 bits per heavy atom. The van der Waals surface area contributed by atoms with Crippen molar-refractivity contribution in [2.24, 2.45) is 0 Å². The molecule has 1 aromatic carbocycles. The minimum Gasteiger partial charge on any atom is -0.482 e. The van der Waals surface area contributed by atoms with Gasteiger partial charge in [0.2, 0.25) is 0 Å². The molecule has 186 valence electrons. The molecule has 2 N–H and O–H groups in total. The Labute approximate surface area is 212 Å². The molecule has 1 saturated heterocycles. The maximum Gasteiger partial charge on any atom is 0.319 e. The van der Waals surface area contributed by atoms with Gasteiger partial charge >= 0.3 is 5.97 Å². The van der Waals surface area contributed by atoms with E-state index in [1.165, 1.54) is 19.2 Å². The first-order chi connectivity index (χ1) is 16.8. The van der Waals surface area contributed by atoms with Gasteiger partial charge in [0.05, 0.1) is 30.9 Å². The number of hydrogen-bond donors (Lipinski definition) is 1. The molecule has 8 nitrogen and oxygen atoms in total. The van der Waals surface area contributed by atoms with Crippen molar-refractivity contribution < 1.29 is 18.7 Å². The molecule has 1 aliphatic heterocycles. The quantitative estimate of drug-likeness (QED) is 0.348. The summed E-state index contributed by atoms with van der Waals surface area (Å²) in [7, 11) is 1.40. The molecule has 35 heavy (non-hydrogen) atoms. The monoisotopic (exact) mass is 521 g/mol. The van der Waals surface area contributed by atoms with Crippen molar-refractivity contribution in [3.05, 3.63) is 58.2 Å². The van der Waals surface area contributed by atoms with E-state index in [1.54, 1.807) is 25.4 Å². The fourth-order valence-corrected chi connectivity index (χ4v) is 4.83. The van der Waals surface area contributed by atoms with Crippen molar-refractivity contribution in [3.63, 3.8) is 0 Å². The van der Waals surface area contributed by atoms with Crippen LogP contribution in [-0.4, -0.2) is 52.4 Å². The first-order valence-corrected chi connectivity index (χ1v) is 11.9. The number of hydrogen-bond acceptors (Lipinski definition) is 7. The van der Waals surface area contributed by atoms with Gasteiger partial charge in [0, 0.05) is 47.2 Å². The number of likely N-dealkylation sites (tertiary alicyclic amines) is 1. The fraction of sp³-hybridized carbons (Fsp3) is 0.375. The van der Waals surface area contributed by atoms with Crippen molar-refractivity contribution in [2.45, 2.75) is 31.9 Å². The summed E-state index contributed by atoms with van der Waals surface area (Å²) in [5.41, 5.74) is 8.01. The molecule has 0 spiro atoms. The number of aromatic nitrogens is 3. The van der Waals surface area contributed by atoms with E-state index in [4.69, 9.17) is 38.4 Å². The Kier molecular flexibility index (Phi) is 7.78. The van der Waals surface area contributed by atoms with Crippen LogP contribution < -0.4 is 10.5 Å². The Morgan fingerprint density at radius 2 is 2.00 bits per heavy atom. The number of halogens is 3. The number of carbonyl (C=O) groups is 1. The lowest BCUT2D eigenvalue weighted by atomic mass is 10.1. The second-order valence-electron chi connectivity index (χ2n) is 8.42. The molecule has 1 fully saturated rings. The van der Waals surface area contributed by atoms with Crippen LogP contribution in [0.1, 0.15) is 37.5 Å². The summed E-state index contributed by atoms with van der Waals surface area (Å²) in [6.07, 6.45) is 6.46. The highest BCUT2D eigenvalue weighted by atomic mass is 35.5. The molecule has 1 unspecified atom stereocenters. The van der Waals surface area contributed by atoms with E-state index in [0.717, 1.165) is 37.1 Å². The second-order valence-corrected chi connectivity index (χ2v) is 9.20. The van der Waals surface area contributed by atoms with Gasteiger partial charge in [-0.05, 0) is 38.0 Å². The maximum absolute atomic E-state index is 14.0. The predicted octanol–water partition coefficient (Wildman–Crippen LogP) is 4.92. The first kappa shape index (κ1) is 25.2. The normalized spacial score (nSPS) is 15.7. The van der Waals surface area contributed by atoms with Crippen LogP contribution in [0.15, 0.2) is 36.8 Å². The van der Waals surface area contributed by atoms with Crippen LogP contribution in [0.25, 0.3) is 11.1 Å². The zero-order chi connectivity index (χ0) is 25.1. The summed E-state index contributed by atoms with van der Waals surface area (Å²) in [5, 5.41) is 4.75. The molecular formula is C24H26Cl2FN5O3. The molecule has 0 radical (unpaired) electrons. The van der Waals surface area contributed by atoms with Crippen LogP contribution >= 0.6 is 23.2 Å². The first-order valence-electron chi connectivity index (χ1n) is 11.2. The van der Waals surface area contributed by atoms with E-state index >= 15 is 0 Å². The number of methoxy groups -OCH3 is 1. The van der Waals surface area contributed by atoms with Gasteiger partial charge in [-0.2, -0.15) is 5.10 Å². The summed E-state index contributed by atoms with van der Waals surface area (Å²) in [4.78, 5) is 17.8. The number of carbonyl (C=O) groups excluding carboxylic acids is 1. The van der Waals surface area contributed by atoms with Gasteiger partial charge in [0.1, 0.15) is 11.9 Å². The van der Waals surface area contributed by atoms with Gasteiger partial charge in [-0.1, -0.05) is 23.2 Å². The third-order valence-corrected chi connectivity index (χ3v) is 6.83. The van der Waals surface area contributed by atoms with Crippen molar-refractivity contribution in [2.75, 3.05) is 32.5 Å². The van der Waals surface area contributed by atoms with E-state index in [0.29, 0.717) is 22.9 Å². The topological polar surface area (TPSA) is 95.5 Å². The zero-order valence-corrected chi connectivity index (χ0v) is 20.9. The lowest BCUT2D eigenvalue weighted by molar-refractivity contribution is -0.142. The van der Waals surface area contributed by atoms with Crippen LogP contribution in [0.3, 0.4) is 0 Å². The standard InChI is InChI=1S/C24H26Cl2FN5O3/c1-14(22-18(25)3-4-19(27)23(22)26)35-20-9-15(10-29-24(20)28)16-11-30-32(12-16)17-5-7-31(8-6-17)13-21(33)34-2/h3-4,9-12,14,17H,5-8,13H2,1-2H3,(H2,28,29).